The van der Waals surface area contributed by atoms with Crippen LogP contribution in [0, 0.1) is 23.2 Å². The summed E-state index contributed by atoms with van der Waals surface area (Å²) < 4.78 is 28.8. The molecule has 1 fully saturated rings. The fourth-order valence-corrected chi connectivity index (χ4v) is 5.31. The molecule has 4 N–H and O–H groups in total. The third kappa shape index (κ3) is 14.1. The Labute approximate surface area is 305 Å². The minimum Gasteiger partial charge on any atom is -0.454 e. The largest absolute Gasteiger partial charge is 0.454 e. The lowest BCUT2D eigenvalue weighted by Crippen LogP contribution is -2.63. The van der Waals surface area contributed by atoms with Crippen molar-refractivity contribution in [1.29, 1.82) is 5.26 Å². The average Bonchev–Trinajstić information content (AvgIpc) is 3.13. The normalized spacial score (nSPS) is 20.6. The van der Waals surface area contributed by atoms with Crippen LogP contribution in [-0.2, 0) is 42.9 Å². The zero-order valence-corrected chi connectivity index (χ0v) is 30.2. The van der Waals surface area contributed by atoms with Gasteiger partial charge in [0.25, 0.3) is 0 Å². The number of allylic oxidation sites excluding steroid dienone is 2. The summed E-state index contributed by atoms with van der Waals surface area (Å²) >= 11 is 0. The van der Waals surface area contributed by atoms with Crippen molar-refractivity contribution in [2.24, 2.45) is 11.8 Å². The van der Waals surface area contributed by atoms with Gasteiger partial charge in [-0.3, -0.25) is 24.5 Å². The maximum absolute atomic E-state index is 13.8. The Kier molecular flexibility index (Phi) is 19.7. The Balaban J connectivity index is 2.48. The number of aliphatic hydroxyl groups excluding tert-OH is 1. The lowest BCUT2D eigenvalue weighted by Gasteiger charge is -2.44. The van der Waals surface area contributed by atoms with Crippen molar-refractivity contribution >= 4 is 35.5 Å². The van der Waals surface area contributed by atoms with Gasteiger partial charge in [-0.2, -0.15) is 5.26 Å². The maximum Gasteiger partial charge on any atom is 0.412 e. The molecular formula is C37H52N4O11. The van der Waals surface area contributed by atoms with Crippen LogP contribution in [0.3, 0.4) is 0 Å². The number of benzene rings is 1. The molecule has 15 nitrogen and oxygen atoms in total. The summed E-state index contributed by atoms with van der Waals surface area (Å²) in [5.41, 5.74) is 0.612. The number of esters is 2. The molecule has 1 aliphatic heterocycles. The molecular weight excluding hydrogens is 676 g/mol. The second-order valence-electron chi connectivity index (χ2n) is 12.2. The molecule has 1 saturated heterocycles. The van der Waals surface area contributed by atoms with Gasteiger partial charge in [-0.25, -0.2) is 4.79 Å². The monoisotopic (exact) mass is 728 g/mol. The SMILES string of the molecule is C=CC[C@H](CC(=O)NCCCC)C(=O)O[C@@H]1[C@H](OC(=O)[C@H](CC=C)CC(=O)NCCCC)[C@@H](OC)O[C@H](CO)[C@H]1OC(=O)Nc1ccc(C#N)cc1. The van der Waals surface area contributed by atoms with Gasteiger partial charge < -0.3 is 39.4 Å². The number of hydrogen-bond donors (Lipinski definition) is 4. The topological polar surface area (TPSA) is 212 Å². The predicted octanol–water partition coefficient (Wildman–Crippen LogP) is 3.66. The molecule has 1 heterocycles. The Bertz CT molecular complexity index is 1380. The van der Waals surface area contributed by atoms with Gasteiger partial charge >= 0.3 is 18.0 Å². The fraction of sp³-hybridized carbons (Fsp3) is 0.568. The molecule has 0 saturated carbocycles. The number of anilines is 1. The van der Waals surface area contributed by atoms with Crippen LogP contribution in [0.25, 0.3) is 0 Å². The molecule has 0 unspecified atom stereocenters. The molecule has 52 heavy (non-hydrogen) atoms. The highest BCUT2D eigenvalue weighted by Gasteiger charge is 2.53. The minimum absolute atomic E-state index is 0.0457. The number of rotatable bonds is 22. The van der Waals surface area contributed by atoms with E-state index in [0.717, 1.165) is 25.7 Å². The number of hydrogen-bond acceptors (Lipinski definition) is 12. The third-order valence-corrected chi connectivity index (χ3v) is 8.15. The first-order valence-electron chi connectivity index (χ1n) is 17.5. The highest BCUT2D eigenvalue weighted by atomic mass is 16.7. The van der Waals surface area contributed by atoms with Crippen LogP contribution in [0.5, 0.6) is 0 Å². The molecule has 0 bridgehead atoms. The van der Waals surface area contributed by atoms with Gasteiger partial charge in [-0.1, -0.05) is 38.8 Å². The van der Waals surface area contributed by atoms with Crippen LogP contribution in [0.1, 0.15) is 70.8 Å². The molecule has 286 valence electrons. The van der Waals surface area contributed by atoms with Crippen molar-refractivity contribution in [3.05, 3.63) is 55.1 Å². The number of unbranched alkanes of at least 4 members (excludes halogenated alkanes) is 2. The zero-order chi connectivity index (χ0) is 38.5. The first-order chi connectivity index (χ1) is 25.0. The number of ether oxygens (including phenoxy) is 5. The number of methoxy groups -OCH3 is 1. The summed E-state index contributed by atoms with van der Waals surface area (Å²) in [6, 6.07) is 7.85. The van der Waals surface area contributed by atoms with Gasteiger partial charge in [0.05, 0.1) is 30.1 Å². The lowest BCUT2D eigenvalue weighted by atomic mass is 9.96. The van der Waals surface area contributed by atoms with E-state index in [-0.39, 0.29) is 37.3 Å². The van der Waals surface area contributed by atoms with Gasteiger partial charge in [-0.05, 0) is 49.9 Å². The molecule has 1 aromatic carbocycles. The summed E-state index contributed by atoms with van der Waals surface area (Å²) in [5, 5.41) is 27.4. The van der Waals surface area contributed by atoms with E-state index >= 15 is 0 Å². The van der Waals surface area contributed by atoms with Gasteiger partial charge in [0.1, 0.15) is 6.10 Å². The van der Waals surface area contributed by atoms with Crippen LogP contribution in [0.2, 0.25) is 0 Å². The number of amides is 3. The minimum atomic E-state index is -1.63. The summed E-state index contributed by atoms with van der Waals surface area (Å²) in [4.78, 5) is 66.0. The van der Waals surface area contributed by atoms with Crippen molar-refractivity contribution in [3.8, 4) is 6.07 Å². The van der Waals surface area contributed by atoms with Crippen molar-refractivity contribution in [2.75, 3.05) is 32.1 Å². The highest BCUT2D eigenvalue weighted by molar-refractivity contribution is 5.85. The number of carbonyl (C=O) groups is 5. The quantitative estimate of drug-likeness (QED) is 0.0583. The molecule has 0 aromatic heterocycles. The van der Waals surface area contributed by atoms with Gasteiger partial charge in [0, 0.05) is 38.7 Å². The van der Waals surface area contributed by atoms with E-state index in [4.69, 9.17) is 28.9 Å². The summed E-state index contributed by atoms with van der Waals surface area (Å²) in [7, 11) is 1.24. The van der Waals surface area contributed by atoms with Crippen LogP contribution in [0.15, 0.2) is 49.6 Å². The van der Waals surface area contributed by atoms with Crippen LogP contribution < -0.4 is 16.0 Å². The number of nitrogens with one attached hydrogen (secondary N) is 3. The predicted molar refractivity (Wildman–Crippen MR) is 189 cm³/mol. The standard InChI is InChI=1S/C37H52N4O11/c1-6-10-18-39-29(43)20-25(12-8-3)34(45)50-32-31(52-37(47)41-27-16-14-24(22-38)15-17-27)28(23-42)49-36(48-5)33(32)51-35(46)26(13-9-4)21-30(44)40-19-11-7-2/h8-9,14-17,25-26,28,31-33,36,42H,3-4,6-7,10-13,18-21,23H2,1-2,5H3,(H,39,43)(H,40,44)(H,41,47)/t25-,26-,28-,31-,32+,33+,36+/m1/s1. The van der Waals surface area contributed by atoms with E-state index < -0.39 is 73.1 Å². The summed E-state index contributed by atoms with van der Waals surface area (Å²) in [5.74, 6) is -4.57. The number of nitrogens with zero attached hydrogens (tertiary/aromatic N) is 1. The van der Waals surface area contributed by atoms with Crippen molar-refractivity contribution in [3.63, 3.8) is 0 Å². The Morgan fingerprint density at radius 2 is 1.38 bits per heavy atom. The molecule has 7 atom stereocenters. The van der Waals surface area contributed by atoms with Gasteiger partial charge in [-0.15, -0.1) is 13.2 Å². The second-order valence-corrected chi connectivity index (χ2v) is 12.2. The first-order valence-corrected chi connectivity index (χ1v) is 17.5. The van der Waals surface area contributed by atoms with Gasteiger partial charge in [0.15, 0.2) is 24.6 Å². The maximum atomic E-state index is 13.8. The van der Waals surface area contributed by atoms with E-state index in [0.29, 0.717) is 18.7 Å². The van der Waals surface area contributed by atoms with E-state index in [9.17, 15) is 29.1 Å². The van der Waals surface area contributed by atoms with E-state index in [1.807, 2.05) is 19.9 Å². The van der Waals surface area contributed by atoms with Crippen molar-refractivity contribution in [1.82, 2.24) is 10.6 Å². The average molecular weight is 729 g/mol. The van der Waals surface area contributed by atoms with Gasteiger partial charge in [0.2, 0.25) is 11.8 Å². The molecule has 0 aliphatic carbocycles. The van der Waals surface area contributed by atoms with E-state index in [1.54, 1.807) is 0 Å². The van der Waals surface area contributed by atoms with Crippen molar-refractivity contribution < 1.29 is 52.8 Å². The fourth-order valence-electron chi connectivity index (χ4n) is 5.31. The number of carbonyl (C=O) groups excluding carboxylic acids is 5. The molecule has 15 heteroatoms. The van der Waals surface area contributed by atoms with Crippen LogP contribution in [0.4, 0.5) is 10.5 Å². The second kappa shape index (κ2) is 23.6. The lowest BCUT2D eigenvalue weighted by molar-refractivity contribution is -0.300. The smallest absolute Gasteiger partial charge is 0.412 e. The number of nitriles is 1. The number of aliphatic hydroxyl groups is 1. The van der Waals surface area contributed by atoms with E-state index in [1.165, 1.54) is 43.5 Å². The highest BCUT2D eigenvalue weighted by Crippen LogP contribution is 2.31. The molecule has 0 radical (unpaired) electrons. The molecule has 0 spiro atoms. The van der Waals surface area contributed by atoms with E-state index in [2.05, 4.69) is 29.1 Å². The Morgan fingerprint density at radius 3 is 1.83 bits per heavy atom. The summed E-state index contributed by atoms with van der Waals surface area (Å²) in [6.07, 6.45) is -2.85. The molecule has 1 aromatic rings. The Hall–Kier alpha value is -4.78. The first kappa shape index (κ1) is 43.4. The third-order valence-electron chi connectivity index (χ3n) is 8.15. The van der Waals surface area contributed by atoms with Crippen molar-refractivity contribution in [2.45, 2.75) is 95.9 Å². The molecule has 3 amide bonds. The zero-order valence-electron chi connectivity index (χ0n) is 30.2. The molecule has 2 rings (SSSR count). The van der Waals surface area contributed by atoms with Crippen LogP contribution >= 0.6 is 0 Å². The molecule has 1 aliphatic rings. The summed E-state index contributed by atoms with van der Waals surface area (Å²) in [6.45, 7) is 11.4. The van der Waals surface area contributed by atoms with Crippen LogP contribution in [-0.4, -0.2) is 92.5 Å². The Morgan fingerprint density at radius 1 is 0.865 bits per heavy atom.